The number of nitrogens with zero attached hydrogens (tertiary/aromatic N) is 3. The number of hydrogen-bond donors (Lipinski definition) is 2. The first-order chi connectivity index (χ1) is 24.5. The molecule has 1 amide bonds. The minimum absolute atomic E-state index is 0.0534. The number of nitrogens with one attached hydrogen (secondary N) is 2. The van der Waals surface area contributed by atoms with Crippen molar-refractivity contribution in [1.82, 2.24) is 14.8 Å². The van der Waals surface area contributed by atoms with Gasteiger partial charge in [0.1, 0.15) is 23.7 Å². The van der Waals surface area contributed by atoms with E-state index in [1.807, 2.05) is 13.0 Å². The Morgan fingerprint density at radius 1 is 0.980 bits per heavy atom. The summed E-state index contributed by atoms with van der Waals surface area (Å²) in [6.45, 7) is 7.64. The molecule has 2 aromatic carbocycles. The average molecular weight is 706 g/mol. The van der Waals surface area contributed by atoms with Crippen LogP contribution in [-0.2, 0) is 23.2 Å². The number of halogens is 2. The molecule has 1 unspecified atom stereocenters. The summed E-state index contributed by atoms with van der Waals surface area (Å²) in [6, 6.07) is 7.89. The third-order valence-corrected chi connectivity index (χ3v) is 11.1. The molecule has 9 nitrogen and oxygen atoms in total. The van der Waals surface area contributed by atoms with E-state index in [4.69, 9.17) is 4.74 Å². The number of aldehydes is 1. The zero-order valence-corrected chi connectivity index (χ0v) is 30.7. The maximum absolute atomic E-state index is 15.6. The lowest BCUT2D eigenvalue weighted by molar-refractivity contribution is -0.120. The molecule has 51 heavy (non-hydrogen) atoms. The predicted octanol–water partition coefficient (Wildman–Crippen LogP) is 6.37. The van der Waals surface area contributed by atoms with Crippen LogP contribution in [-0.4, -0.2) is 68.0 Å². The Labute approximate surface area is 300 Å². The van der Waals surface area contributed by atoms with Crippen LogP contribution in [0.3, 0.4) is 0 Å². The largest absolute Gasteiger partial charge is 0.496 e. The van der Waals surface area contributed by atoms with E-state index >= 15 is 8.78 Å². The Balaban J connectivity index is 1.07. The SMILES string of the molecule is CNC(=O)CCC(C=O)Nc1ccc(N2CCC(CCC3CCN(Cc4c(F)cc(-c5cn(C)c(=O)c(C)c5C)cc4OC)CC3)CC2)c(F)c1. The van der Waals surface area contributed by atoms with Crippen LogP contribution in [0.4, 0.5) is 20.2 Å². The lowest BCUT2D eigenvalue weighted by Crippen LogP contribution is -2.35. The highest BCUT2D eigenvalue weighted by molar-refractivity contribution is 5.76. The Hall–Kier alpha value is -4.25. The molecule has 3 heterocycles. The molecular formula is C40H53F2N5O4. The molecule has 2 N–H and O–H groups in total. The number of benzene rings is 2. The summed E-state index contributed by atoms with van der Waals surface area (Å²) in [5.74, 6) is 1.04. The number of anilines is 2. The molecule has 0 radical (unpaired) electrons. The van der Waals surface area contributed by atoms with E-state index in [2.05, 4.69) is 20.4 Å². The summed E-state index contributed by atoms with van der Waals surface area (Å²) in [7, 11) is 4.84. The smallest absolute Gasteiger partial charge is 0.253 e. The number of hydrogen-bond acceptors (Lipinski definition) is 7. The van der Waals surface area contributed by atoms with Crippen molar-refractivity contribution in [2.45, 2.75) is 77.8 Å². The molecule has 0 aliphatic carbocycles. The topological polar surface area (TPSA) is 95.9 Å². The fraction of sp³-hybridized carbons (Fsp3) is 0.525. The third kappa shape index (κ3) is 9.36. The van der Waals surface area contributed by atoms with Crippen LogP contribution in [0, 0.1) is 37.3 Å². The van der Waals surface area contributed by atoms with Gasteiger partial charge in [0.15, 0.2) is 0 Å². The summed E-state index contributed by atoms with van der Waals surface area (Å²) >= 11 is 0. The van der Waals surface area contributed by atoms with Gasteiger partial charge < -0.3 is 29.6 Å². The second-order valence-electron chi connectivity index (χ2n) is 14.3. The van der Waals surface area contributed by atoms with Crippen molar-refractivity contribution in [3.63, 3.8) is 0 Å². The molecule has 1 atom stereocenters. The highest BCUT2D eigenvalue weighted by atomic mass is 19.1. The van der Waals surface area contributed by atoms with Crippen LogP contribution in [0.15, 0.2) is 41.3 Å². The van der Waals surface area contributed by atoms with Crippen molar-refractivity contribution >= 4 is 23.6 Å². The minimum atomic E-state index is -0.561. The minimum Gasteiger partial charge on any atom is -0.496 e. The highest BCUT2D eigenvalue weighted by Gasteiger charge is 2.26. The van der Waals surface area contributed by atoms with E-state index in [0.717, 1.165) is 69.3 Å². The van der Waals surface area contributed by atoms with Crippen LogP contribution in [0.25, 0.3) is 11.1 Å². The number of carbonyl (C=O) groups excluding carboxylic acids is 2. The molecule has 276 valence electrons. The second kappa shape index (κ2) is 17.3. The molecule has 2 aliphatic heterocycles. The number of likely N-dealkylation sites (tertiary alicyclic amines) is 1. The van der Waals surface area contributed by atoms with Gasteiger partial charge in [-0.05, 0) is 112 Å². The Morgan fingerprint density at radius 3 is 2.25 bits per heavy atom. The number of ether oxygens (including phenoxy) is 1. The monoisotopic (exact) mass is 705 g/mol. The quantitative estimate of drug-likeness (QED) is 0.188. The van der Waals surface area contributed by atoms with E-state index < -0.39 is 6.04 Å². The lowest BCUT2D eigenvalue weighted by atomic mass is 9.85. The number of amides is 1. The summed E-state index contributed by atoms with van der Waals surface area (Å²) in [5, 5.41) is 5.57. The van der Waals surface area contributed by atoms with Crippen molar-refractivity contribution in [1.29, 1.82) is 0 Å². The first-order valence-corrected chi connectivity index (χ1v) is 18.2. The van der Waals surface area contributed by atoms with E-state index in [0.29, 0.717) is 58.6 Å². The van der Waals surface area contributed by atoms with Crippen LogP contribution < -0.4 is 25.8 Å². The summed E-state index contributed by atoms with van der Waals surface area (Å²) < 4.78 is 38.0. The Kier molecular flexibility index (Phi) is 12.9. The number of methoxy groups -OCH3 is 1. The van der Waals surface area contributed by atoms with Gasteiger partial charge in [-0.25, -0.2) is 8.78 Å². The van der Waals surface area contributed by atoms with Gasteiger partial charge in [0, 0.05) is 68.7 Å². The number of pyridine rings is 1. The lowest BCUT2D eigenvalue weighted by Gasteiger charge is -2.36. The van der Waals surface area contributed by atoms with Crippen molar-refractivity contribution in [3.8, 4) is 16.9 Å². The second-order valence-corrected chi connectivity index (χ2v) is 14.3. The molecule has 5 rings (SSSR count). The van der Waals surface area contributed by atoms with Crippen LogP contribution in [0.2, 0.25) is 0 Å². The van der Waals surface area contributed by atoms with Gasteiger partial charge in [0.25, 0.3) is 5.56 Å². The van der Waals surface area contributed by atoms with E-state index in [-0.39, 0.29) is 29.5 Å². The van der Waals surface area contributed by atoms with Gasteiger partial charge in [-0.3, -0.25) is 14.5 Å². The van der Waals surface area contributed by atoms with Gasteiger partial charge in [-0.2, -0.15) is 0 Å². The van der Waals surface area contributed by atoms with Gasteiger partial charge in [-0.15, -0.1) is 0 Å². The van der Waals surface area contributed by atoms with Crippen molar-refractivity contribution < 1.29 is 23.1 Å². The van der Waals surface area contributed by atoms with Gasteiger partial charge in [0.2, 0.25) is 5.91 Å². The zero-order valence-electron chi connectivity index (χ0n) is 30.7. The number of rotatable bonds is 14. The van der Waals surface area contributed by atoms with Gasteiger partial charge in [-0.1, -0.05) is 12.8 Å². The van der Waals surface area contributed by atoms with Gasteiger partial charge in [0.05, 0.1) is 18.8 Å². The van der Waals surface area contributed by atoms with Crippen molar-refractivity contribution in [3.05, 3.63) is 75.2 Å². The first-order valence-electron chi connectivity index (χ1n) is 18.2. The molecule has 2 fully saturated rings. The van der Waals surface area contributed by atoms with Crippen molar-refractivity contribution in [2.24, 2.45) is 18.9 Å². The summed E-state index contributed by atoms with van der Waals surface area (Å²) in [4.78, 5) is 39.8. The zero-order chi connectivity index (χ0) is 36.7. The Morgan fingerprint density at radius 2 is 1.65 bits per heavy atom. The van der Waals surface area contributed by atoms with Crippen LogP contribution in [0.1, 0.15) is 68.1 Å². The molecule has 0 bridgehead atoms. The van der Waals surface area contributed by atoms with E-state index in [1.165, 1.54) is 23.5 Å². The molecule has 1 aromatic heterocycles. The maximum Gasteiger partial charge on any atom is 0.253 e. The molecular weight excluding hydrogens is 652 g/mol. The molecule has 0 saturated carbocycles. The first kappa shape index (κ1) is 38.0. The molecule has 3 aromatic rings. The number of aromatic nitrogens is 1. The summed E-state index contributed by atoms with van der Waals surface area (Å²) in [6.07, 6.45) is 9.63. The van der Waals surface area contributed by atoms with Gasteiger partial charge >= 0.3 is 0 Å². The fourth-order valence-corrected chi connectivity index (χ4v) is 7.61. The fourth-order valence-electron chi connectivity index (χ4n) is 7.61. The number of aryl methyl sites for hydroxylation is 1. The molecule has 2 aliphatic rings. The van der Waals surface area contributed by atoms with Crippen LogP contribution >= 0.6 is 0 Å². The number of carbonyl (C=O) groups is 2. The molecule has 11 heteroatoms. The number of piperidine rings is 2. The van der Waals surface area contributed by atoms with Crippen molar-refractivity contribution in [2.75, 3.05) is 50.6 Å². The molecule has 0 spiro atoms. The third-order valence-electron chi connectivity index (χ3n) is 11.1. The normalized spacial score (nSPS) is 16.6. The maximum atomic E-state index is 15.6. The highest BCUT2D eigenvalue weighted by Crippen LogP contribution is 2.35. The Bertz CT molecular complexity index is 1750. The molecule has 2 saturated heterocycles. The summed E-state index contributed by atoms with van der Waals surface area (Å²) in [5.41, 5.74) is 4.64. The van der Waals surface area contributed by atoms with Crippen LogP contribution in [0.5, 0.6) is 5.75 Å². The average Bonchev–Trinajstić information content (AvgIpc) is 3.14. The predicted molar refractivity (Wildman–Crippen MR) is 198 cm³/mol. The standard InChI is InChI=1S/C40H53F2N5O4/c1-26-27(2)40(50)45(4)23-33(26)30-20-35(41)34(38(21-30)51-5)24-46-16-12-28(13-17-46)6-7-29-14-18-47(19-15-29)37-10-8-31(22-36(37)42)44-32(25-48)9-11-39(49)43-3/h8,10,20-23,25,28-29,32,44H,6-7,9,11-19,24H2,1-5H3,(H,43,49). The van der Waals surface area contributed by atoms with E-state index in [1.54, 1.807) is 52.5 Å². The van der Waals surface area contributed by atoms with E-state index in [9.17, 15) is 14.4 Å².